The molecule has 1 radical (unpaired) electrons. The zero-order chi connectivity index (χ0) is 7.40. The van der Waals surface area contributed by atoms with Gasteiger partial charge in [0.1, 0.15) is 0 Å². The van der Waals surface area contributed by atoms with E-state index < -0.39 is 0 Å². The van der Waals surface area contributed by atoms with Gasteiger partial charge in [0.2, 0.25) is 6.29 Å². The monoisotopic (exact) mass is 154 g/mol. The molecule has 0 aliphatic rings. The molecule has 2 nitrogen and oxygen atoms in total. The normalized spacial score (nSPS) is 12.5. The van der Waals surface area contributed by atoms with Crippen molar-refractivity contribution >= 4 is 22.6 Å². The van der Waals surface area contributed by atoms with Crippen LogP contribution in [-0.4, -0.2) is 12.3 Å². The van der Waals surface area contributed by atoms with Gasteiger partial charge in [-0.15, -0.1) is 11.3 Å². The molecule has 0 aliphatic heterocycles. The number of hydrogen-bond acceptors (Lipinski definition) is 3. The van der Waals surface area contributed by atoms with Gasteiger partial charge in [-0.25, -0.2) is 0 Å². The van der Waals surface area contributed by atoms with Crippen molar-refractivity contribution in [2.45, 2.75) is 13.0 Å². The van der Waals surface area contributed by atoms with Crippen LogP contribution in [-0.2, 0) is 4.79 Å². The van der Waals surface area contributed by atoms with Gasteiger partial charge in [-0.1, -0.05) is 0 Å². The zero-order valence-corrected chi connectivity index (χ0v) is 6.44. The molecule has 0 bridgehead atoms. The molecule has 1 N–H and O–H groups in total. The van der Waals surface area contributed by atoms with Crippen LogP contribution >= 0.6 is 11.3 Å². The molecule has 3 heteroatoms. The van der Waals surface area contributed by atoms with Crippen molar-refractivity contribution in [2.24, 2.45) is 0 Å². The molecular weight excluding hydrogens is 146 g/mol. The number of hydrogen-bond donors (Lipinski definition) is 1. The molecule has 1 aromatic heterocycles. The SMILES string of the molecule is C[C@H]([C]=O)Nc1cccs1. The average Bonchev–Trinajstić information content (AvgIpc) is 2.40. The molecular formula is C7H8NOS. The second-order valence-corrected chi connectivity index (χ2v) is 2.91. The molecule has 1 heterocycles. The van der Waals surface area contributed by atoms with Crippen molar-refractivity contribution < 1.29 is 4.79 Å². The maximum absolute atomic E-state index is 10.0. The molecule has 1 rings (SSSR count). The van der Waals surface area contributed by atoms with Gasteiger partial charge in [0.25, 0.3) is 0 Å². The minimum Gasteiger partial charge on any atom is -0.367 e. The molecule has 0 aromatic carbocycles. The number of anilines is 1. The largest absolute Gasteiger partial charge is 0.367 e. The summed E-state index contributed by atoms with van der Waals surface area (Å²) in [6.07, 6.45) is 1.85. The second-order valence-electron chi connectivity index (χ2n) is 1.96. The summed E-state index contributed by atoms with van der Waals surface area (Å²) in [5, 5.41) is 5.93. The molecule has 0 amide bonds. The van der Waals surface area contributed by atoms with Crippen LogP contribution in [0.5, 0.6) is 0 Å². The van der Waals surface area contributed by atoms with E-state index in [1.165, 1.54) is 0 Å². The van der Waals surface area contributed by atoms with E-state index in [1.807, 2.05) is 23.8 Å². The number of nitrogens with one attached hydrogen (secondary N) is 1. The molecule has 0 saturated carbocycles. The minimum absolute atomic E-state index is 0.210. The van der Waals surface area contributed by atoms with Gasteiger partial charge in [-0.05, 0) is 24.4 Å². The Hall–Kier alpha value is -0.830. The first kappa shape index (κ1) is 7.28. The average molecular weight is 154 g/mol. The summed E-state index contributed by atoms with van der Waals surface area (Å²) in [5.41, 5.74) is 0. The molecule has 0 fully saturated rings. The molecule has 53 valence electrons. The molecule has 0 aliphatic carbocycles. The summed E-state index contributed by atoms with van der Waals surface area (Å²) in [6.45, 7) is 1.77. The Labute approximate surface area is 63.9 Å². The lowest BCUT2D eigenvalue weighted by Gasteiger charge is -2.02. The standard InChI is InChI=1S/C7H8NOS/c1-6(5-9)8-7-3-2-4-10-7/h2-4,6,8H,1H3/t6-/m1/s1. The lowest BCUT2D eigenvalue weighted by molar-refractivity contribution is 0.549. The fourth-order valence-corrected chi connectivity index (χ4v) is 1.31. The van der Waals surface area contributed by atoms with Gasteiger partial charge in [-0.2, -0.15) is 0 Å². The molecule has 0 spiro atoms. The van der Waals surface area contributed by atoms with Gasteiger partial charge < -0.3 is 5.32 Å². The van der Waals surface area contributed by atoms with Crippen LogP contribution in [0.3, 0.4) is 0 Å². The van der Waals surface area contributed by atoms with E-state index in [9.17, 15) is 4.79 Å². The lowest BCUT2D eigenvalue weighted by Crippen LogP contribution is -2.14. The lowest BCUT2D eigenvalue weighted by atomic mass is 10.4. The highest BCUT2D eigenvalue weighted by molar-refractivity contribution is 7.14. The van der Waals surface area contributed by atoms with Gasteiger partial charge in [0, 0.05) is 0 Å². The van der Waals surface area contributed by atoms with Gasteiger partial charge in [-0.3, -0.25) is 4.79 Å². The van der Waals surface area contributed by atoms with E-state index in [-0.39, 0.29) is 6.04 Å². The van der Waals surface area contributed by atoms with Crippen LogP contribution in [0, 0.1) is 0 Å². The fourth-order valence-electron chi connectivity index (χ4n) is 0.604. The first-order chi connectivity index (χ1) is 4.83. The van der Waals surface area contributed by atoms with Crippen LogP contribution in [0.2, 0.25) is 0 Å². The summed E-state index contributed by atoms with van der Waals surface area (Å²) in [4.78, 5) is 10.0. The summed E-state index contributed by atoms with van der Waals surface area (Å²) < 4.78 is 0. The van der Waals surface area contributed by atoms with Crippen LogP contribution in [0.4, 0.5) is 5.00 Å². The predicted molar refractivity (Wildman–Crippen MR) is 43.1 cm³/mol. The maximum atomic E-state index is 10.0. The van der Waals surface area contributed by atoms with Gasteiger partial charge in [0.15, 0.2) is 0 Å². The van der Waals surface area contributed by atoms with Crippen molar-refractivity contribution in [2.75, 3.05) is 5.32 Å². The summed E-state index contributed by atoms with van der Waals surface area (Å²) in [7, 11) is 0. The third-order valence-electron chi connectivity index (χ3n) is 1.06. The number of rotatable bonds is 3. The molecule has 1 aromatic rings. The highest BCUT2D eigenvalue weighted by Crippen LogP contribution is 2.15. The Morgan fingerprint density at radius 2 is 2.60 bits per heavy atom. The predicted octanol–water partition coefficient (Wildman–Crippen LogP) is 1.66. The van der Waals surface area contributed by atoms with E-state index in [0.29, 0.717) is 0 Å². The first-order valence-corrected chi connectivity index (χ1v) is 3.88. The highest BCUT2D eigenvalue weighted by atomic mass is 32.1. The van der Waals surface area contributed by atoms with Crippen LogP contribution < -0.4 is 5.32 Å². The maximum Gasteiger partial charge on any atom is 0.222 e. The Morgan fingerprint density at radius 1 is 1.80 bits per heavy atom. The number of thiophene rings is 1. The van der Waals surface area contributed by atoms with Crippen molar-refractivity contribution in [1.82, 2.24) is 0 Å². The van der Waals surface area contributed by atoms with Crippen LogP contribution in [0.25, 0.3) is 0 Å². The van der Waals surface area contributed by atoms with Crippen LogP contribution in [0.15, 0.2) is 17.5 Å². The fraction of sp³-hybridized carbons (Fsp3) is 0.286. The Bertz CT molecular complexity index is 195. The Balaban J connectivity index is 2.47. The first-order valence-electron chi connectivity index (χ1n) is 3.00. The molecule has 1 atom stereocenters. The minimum atomic E-state index is -0.210. The summed E-state index contributed by atoms with van der Waals surface area (Å²) in [6, 6.07) is 3.65. The molecule has 0 unspecified atom stereocenters. The zero-order valence-electron chi connectivity index (χ0n) is 5.63. The van der Waals surface area contributed by atoms with Gasteiger partial charge >= 0.3 is 0 Å². The van der Waals surface area contributed by atoms with Crippen molar-refractivity contribution in [3.63, 3.8) is 0 Å². The van der Waals surface area contributed by atoms with Crippen molar-refractivity contribution in [3.05, 3.63) is 17.5 Å². The summed E-state index contributed by atoms with van der Waals surface area (Å²) in [5.74, 6) is 0. The van der Waals surface area contributed by atoms with E-state index in [2.05, 4.69) is 5.32 Å². The molecule has 10 heavy (non-hydrogen) atoms. The van der Waals surface area contributed by atoms with Crippen LogP contribution in [0.1, 0.15) is 6.92 Å². The van der Waals surface area contributed by atoms with E-state index in [0.717, 1.165) is 5.00 Å². The molecule has 0 saturated heterocycles. The van der Waals surface area contributed by atoms with Crippen molar-refractivity contribution in [3.8, 4) is 0 Å². The topological polar surface area (TPSA) is 29.1 Å². The smallest absolute Gasteiger partial charge is 0.222 e. The van der Waals surface area contributed by atoms with Gasteiger partial charge in [0.05, 0.1) is 11.0 Å². The Kier molecular flexibility index (Phi) is 2.45. The summed E-state index contributed by atoms with van der Waals surface area (Å²) >= 11 is 1.58. The quantitative estimate of drug-likeness (QED) is 0.717. The second kappa shape index (κ2) is 3.37. The van der Waals surface area contributed by atoms with E-state index in [1.54, 1.807) is 18.3 Å². The highest BCUT2D eigenvalue weighted by Gasteiger charge is 1.98. The number of carbonyl (C=O) groups excluding carboxylic acids is 1. The third kappa shape index (κ3) is 1.84. The van der Waals surface area contributed by atoms with E-state index >= 15 is 0 Å². The van der Waals surface area contributed by atoms with Crippen molar-refractivity contribution in [1.29, 1.82) is 0 Å². The van der Waals surface area contributed by atoms with E-state index in [4.69, 9.17) is 0 Å². The Morgan fingerprint density at radius 3 is 3.10 bits per heavy atom. The third-order valence-corrected chi connectivity index (χ3v) is 1.86.